The van der Waals surface area contributed by atoms with Gasteiger partial charge in [0.25, 0.3) is 11.5 Å². The first-order valence-electron chi connectivity index (χ1n) is 11.6. The molecule has 0 saturated heterocycles. The summed E-state index contributed by atoms with van der Waals surface area (Å²) >= 11 is 0. The fourth-order valence-corrected chi connectivity index (χ4v) is 4.07. The Morgan fingerprint density at radius 1 is 0.944 bits per heavy atom. The van der Waals surface area contributed by atoms with E-state index in [1.807, 2.05) is 66.7 Å². The molecule has 0 spiro atoms. The number of fused-ring (bicyclic) bond motifs is 1. The van der Waals surface area contributed by atoms with E-state index in [0.717, 1.165) is 11.1 Å². The molecule has 2 aromatic heterocycles. The van der Waals surface area contributed by atoms with Crippen LogP contribution in [0.2, 0.25) is 0 Å². The molecular formula is C28H25N5O3. The molecular weight excluding hydrogens is 454 g/mol. The van der Waals surface area contributed by atoms with Gasteiger partial charge in [0.2, 0.25) is 0 Å². The predicted molar refractivity (Wildman–Crippen MR) is 140 cm³/mol. The van der Waals surface area contributed by atoms with Crippen LogP contribution in [0.5, 0.6) is 0 Å². The van der Waals surface area contributed by atoms with Crippen molar-refractivity contribution < 1.29 is 9.90 Å². The van der Waals surface area contributed by atoms with Gasteiger partial charge in [-0.1, -0.05) is 66.7 Å². The number of H-pyrrole nitrogens is 2. The van der Waals surface area contributed by atoms with Crippen LogP contribution in [0.1, 0.15) is 27.6 Å². The largest absolute Gasteiger partial charge is 0.387 e. The minimum absolute atomic E-state index is 0.202. The molecule has 0 bridgehead atoms. The number of aromatic nitrogens is 3. The third-order valence-corrected chi connectivity index (χ3v) is 5.92. The average molecular weight is 480 g/mol. The van der Waals surface area contributed by atoms with Gasteiger partial charge in [-0.15, -0.1) is 0 Å². The van der Waals surface area contributed by atoms with Gasteiger partial charge in [-0.2, -0.15) is 0 Å². The molecule has 36 heavy (non-hydrogen) atoms. The Bertz CT molecular complexity index is 1540. The average Bonchev–Trinajstić information content (AvgIpc) is 3.35. The van der Waals surface area contributed by atoms with Crippen LogP contribution >= 0.6 is 0 Å². The summed E-state index contributed by atoms with van der Waals surface area (Å²) in [4.78, 5) is 36.2. The second-order valence-electron chi connectivity index (χ2n) is 8.36. The van der Waals surface area contributed by atoms with E-state index in [1.165, 1.54) is 6.20 Å². The van der Waals surface area contributed by atoms with Crippen molar-refractivity contribution in [1.29, 1.82) is 0 Å². The number of aliphatic hydroxyl groups is 1. The van der Waals surface area contributed by atoms with Crippen LogP contribution in [0.4, 0.5) is 5.69 Å². The molecule has 3 aromatic carbocycles. The number of rotatable bonds is 8. The molecule has 2 heterocycles. The third kappa shape index (κ3) is 4.89. The highest BCUT2D eigenvalue weighted by atomic mass is 16.3. The number of aliphatic hydroxyl groups excluding tert-OH is 1. The first-order chi connectivity index (χ1) is 17.6. The molecule has 0 aliphatic rings. The lowest BCUT2D eigenvalue weighted by Crippen LogP contribution is -2.23. The smallest absolute Gasteiger partial charge is 0.261 e. The van der Waals surface area contributed by atoms with E-state index in [-0.39, 0.29) is 18.0 Å². The number of nitrogens with one attached hydrogen (secondary N) is 4. The molecule has 8 nitrogen and oxygen atoms in total. The van der Waals surface area contributed by atoms with Gasteiger partial charge in [0.15, 0.2) is 0 Å². The summed E-state index contributed by atoms with van der Waals surface area (Å²) in [5.41, 5.74) is 3.74. The van der Waals surface area contributed by atoms with Crippen LogP contribution in [0, 0.1) is 0 Å². The van der Waals surface area contributed by atoms with Crippen molar-refractivity contribution in [2.24, 2.45) is 0 Å². The van der Waals surface area contributed by atoms with E-state index >= 15 is 0 Å². The summed E-state index contributed by atoms with van der Waals surface area (Å²) < 4.78 is 0. The van der Waals surface area contributed by atoms with Crippen molar-refractivity contribution in [3.05, 3.63) is 118 Å². The van der Waals surface area contributed by atoms with E-state index in [9.17, 15) is 14.7 Å². The maximum absolute atomic E-state index is 13.0. The lowest BCUT2D eigenvalue weighted by Gasteiger charge is -2.14. The Morgan fingerprint density at radius 3 is 2.47 bits per heavy atom. The van der Waals surface area contributed by atoms with Crippen molar-refractivity contribution in [2.75, 3.05) is 11.9 Å². The van der Waals surface area contributed by atoms with E-state index < -0.39 is 6.10 Å². The van der Waals surface area contributed by atoms with Gasteiger partial charge in [0, 0.05) is 19.3 Å². The number of carbonyl (C=O) groups is 1. The quantitative estimate of drug-likeness (QED) is 0.230. The third-order valence-electron chi connectivity index (χ3n) is 5.92. The Hall–Kier alpha value is -4.69. The van der Waals surface area contributed by atoms with Gasteiger partial charge in [0.05, 0.1) is 22.9 Å². The summed E-state index contributed by atoms with van der Waals surface area (Å²) in [6.07, 6.45) is 0.780. The minimum atomic E-state index is -0.756. The number of hydrogen-bond donors (Lipinski definition) is 5. The standard InChI is InChI=1S/C28H25N5O3/c34-23(19-10-5-2-6-11-19)17-30-21-14-15-29-28(36)24(21)26-32-22-13-7-12-20(25(22)33-26)27(35)31-16-18-8-3-1-4-9-18/h1-15,23,34H,16-17H2,(H,31,35)(H,32,33)(H2,29,30,36). The monoisotopic (exact) mass is 479 g/mol. The van der Waals surface area contributed by atoms with Gasteiger partial charge in [-0.3, -0.25) is 9.59 Å². The SMILES string of the molecule is O=C(NCc1ccccc1)c1cccc2[nH]c(-c3c(NCC(O)c4ccccc4)cc[nH]c3=O)nc12. The van der Waals surface area contributed by atoms with E-state index in [4.69, 9.17) is 0 Å². The maximum Gasteiger partial charge on any atom is 0.261 e. The van der Waals surface area contributed by atoms with Crippen molar-refractivity contribution in [2.45, 2.75) is 12.6 Å². The number of anilines is 1. The van der Waals surface area contributed by atoms with Crippen LogP contribution in [0.3, 0.4) is 0 Å². The number of amides is 1. The maximum atomic E-state index is 13.0. The highest BCUT2D eigenvalue weighted by Crippen LogP contribution is 2.26. The van der Waals surface area contributed by atoms with Crippen LogP contribution in [0.15, 0.2) is 95.9 Å². The zero-order chi connectivity index (χ0) is 24.9. The van der Waals surface area contributed by atoms with Crippen LogP contribution in [-0.2, 0) is 6.54 Å². The topological polar surface area (TPSA) is 123 Å². The van der Waals surface area contributed by atoms with E-state index in [0.29, 0.717) is 40.2 Å². The molecule has 0 aliphatic heterocycles. The number of imidazole rings is 1. The lowest BCUT2D eigenvalue weighted by molar-refractivity contribution is 0.0952. The molecule has 180 valence electrons. The highest BCUT2D eigenvalue weighted by molar-refractivity contribution is 6.05. The molecule has 0 fully saturated rings. The molecule has 0 radical (unpaired) electrons. The van der Waals surface area contributed by atoms with Crippen LogP contribution in [-0.4, -0.2) is 32.5 Å². The minimum Gasteiger partial charge on any atom is -0.387 e. The molecule has 0 saturated carbocycles. The lowest BCUT2D eigenvalue weighted by atomic mass is 10.1. The number of para-hydroxylation sites is 1. The number of hydrogen-bond acceptors (Lipinski definition) is 5. The van der Waals surface area contributed by atoms with Gasteiger partial charge >= 0.3 is 0 Å². The van der Waals surface area contributed by atoms with Crippen molar-refractivity contribution in [1.82, 2.24) is 20.3 Å². The first kappa shape index (κ1) is 23.1. The van der Waals surface area contributed by atoms with Gasteiger partial charge < -0.3 is 25.7 Å². The van der Waals surface area contributed by atoms with Crippen molar-refractivity contribution in [3.63, 3.8) is 0 Å². The summed E-state index contributed by atoms with van der Waals surface area (Å²) in [6, 6.07) is 25.9. The second-order valence-corrected chi connectivity index (χ2v) is 8.36. The molecule has 1 atom stereocenters. The van der Waals surface area contributed by atoms with E-state index in [1.54, 1.807) is 18.2 Å². The molecule has 5 N–H and O–H groups in total. The van der Waals surface area contributed by atoms with Gasteiger partial charge in [0.1, 0.15) is 16.9 Å². The first-order valence-corrected chi connectivity index (χ1v) is 11.6. The summed E-state index contributed by atoms with van der Waals surface area (Å²) in [6.45, 7) is 0.595. The van der Waals surface area contributed by atoms with E-state index in [2.05, 4.69) is 25.6 Å². The molecule has 1 amide bonds. The molecule has 1 unspecified atom stereocenters. The number of benzene rings is 3. The highest BCUT2D eigenvalue weighted by Gasteiger charge is 2.19. The van der Waals surface area contributed by atoms with Crippen LogP contribution in [0.25, 0.3) is 22.4 Å². The summed E-state index contributed by atoms with van der Waals surface area (Å²) in [5.74, 6) is 0.0701. The second kappa shape index (κ2) is 10.3. The number of nitrogens with zero attached hydrogens (tertiary/aromatic N) is 1. The van der Waals surface area contributed by atoms with Gasteiger partial charge in [-0.25, -0.2) is 4.98 Å². The van der Waals surface area contributed by atoms with Crippen molar-refractivity contribution in [3.8, 4) is 11.4 Å². The Morgan fingerprint density at radius 2 is 1.69 bits per heavy atom. The summed E-state index contributed by atoms with van der Waals surface area (Å²) in [7, 11) is 0. The normalized spacial score (nSPS) is 11.8. The van der Waals surface area contributed by atoms with Crippen LogP contribution < -0.4 is 16.2 Å². The summed E-state index contributed by atoms with van der Waals surface area (Å²) in [5, 5.41) is 16.6. The number of carbonyl (C=O) groups excluding carboxylic acids is 1. The zero-order valence-electron chi connectivity index (χ0n) is 19.4. The zero-order valence-corrected chi connectivity index (χ0v) is 19.4. The number of pyridine rings is 1. The fourth-order valence-electron chi connectivity index (χ4n) is 4.07. The van der Waals surface area contributed by atoms with Gasteiger partial charge in [-0.05, 0) is 29.3 Å². The molecule has 5 aromatic rings. The Kier molecular flexibility index (Phi) is 6.59. The molecule has 0 aliphatic carbocycles. The fraction of sp³-hybridized carbons (Fsp3) is 0.107. The Balaban J connectivity index is 1.42. The predicted octanol–water partition coefficient (Wildman–Crippen LogP) is 3.99. The van der Waals surface area contributed by atoms with Crippen molar-refractivity contribution >= 4 is 22.6 Å². The molecule has 5 rings (SSSR count). The molecule has 8 heteroatoms. The number of aromatic amines is 2. The Labute approximate surface area is 207 Å².